The van der Waals surface area contributed by atoms with E-state index in [0.717, 1.165) is 4.90 Å². The fourth-order valence-electron chi connectivity index (χ4n) is 2.18. The number of H-pyrrole nitrogens is 1. The van der Waals surface area contributed by atoms with Gasteiger partial charge in [-0.15, -0.1) is 10.2 Å². The molecule has 2 N–H and O–H groups in total. The zero-order chi connectivity index (χ0) is 15.5. The number of imide groups is 1. The van der Waals surface area contributed by atoms with Gasteiger partial charge < -0.3 is 5.32 Å². The van der Waals surface area contributed by atoms with Gasteiger partial charge in [0.2, 0.25) is 5.91 Å². The van der Waals surface area contributed by atoms with Crippen molar-refractivity contribution in [3.63, 3.8) is 0 Å². The van der Waals surface area contributed by atoms with Gasteiger partial charge in [0.25, 0.3) is 11.8 Å². The Morgan fingerprint density at radius 2 is 1.86 bits per heavy atom. The van der Waals surface area contributed by atoms with Crippen LogP contribution in [0, 0.1) is 0 Å². The van der Waals surface area contributed by atoms with Gasteiger partial charge in [-0.1, -0.05) is 17.3 Å². The number of hydrogen-bond acceptors (Lipinski definition) is 6. The molecule has 0 atom stereocenters. The second-order valence-corrected chi connectivity index (χ2v) is 4.66. The summed E-state index contributed by atoms with van der Waals surface area (Å²) < 4.78 is 0. The van der Waals surface area contributed by atoms with Gasteiger partial charge >= 0.3 is 0 Å². The first kappa shape index (κ1) is 13.9. The highest BCUT2D eigenvalue weighted by atomic mass is 16.2. The van der Waals surface area contributed by atoms with Gasteiger partial charge in [-0.25, -0.2) is 0 Å². The lowest BCUT2D eigenvalue weighted by Gasteiger charge is -2.13. The van der Waals surface area contributed by atoms with E-state index in [-0.39, 0.29) is 37.2 Å². The molecule has 0 unspecified atom stereocenters. The standard InChI is InChI=1S/C13H12N6O3/c20-11(14-7-10-15-17-18-16-10)5-6-19-12(21)8-3-1-2-4-9(8)13(19)22/h1-4H,5-7H2,(H,14,20)(H,15,16,17,18). The molecule has 1 aromatic heterocycles. The molecule has 2 heterocycles. The number of carbonyl (C=O) groups is 3. The molecule has 0 bridgehead atoms. The van der Waals surface area contributed by atoms with Crippen LogP contribution in [0.25, 0.3) is 0 Å². The van der Waals surface area contributed by atoms with Gasteiger partial charge in [-0.3, -0.25) is 19.3 Å². The Morgan fingerprint density at radius 3 is 2.45 bits per heavy atom. The van der Waals surface area contributed by atoms with Crippen LogP contribution in [0.2, 0.25) is 0 Å². The highest BCUT2D eigenvalue weighted by molar-refractivity contribution is 6.21. The molecule has 1 aliphatic heterocycles. The molecule has 1 aliphatic rings. The number of hydrogen-bond donors (Lipinski definition) is 2. The Hall–Kier alpha value is -3.10. The number of fused-ring (bicyclic) bond motifs is 1. The van der Waals surface area contributed by atoms with E-state index in [2.05, 4.69) is 25.9 Å². The van der Waals surface area contributed by atoms with Crippen LogP contribution in [0.3, 0.4) is 0 Å². The molecule has 0 fully saturated rings. The van der Waals surface area contributed by atoms with Crippen LogP contribution in [0.5, 0.6) is 0 Å². The predicted octanol–water partition coefficient (Wildman–Crippen LogP) is -0.498. The van der Waals surface area contributed by atoms with E-state index in [9.17, 15) is 14.4 Å². The summed E-state index contributed by atoms with van der Waals surface area (Å²) in [6.45, 7) is 0.169. The number of nitrogens with one attached hydrogen (secondary N) is 2. The monoisotopic (exact) mass is 300 g/mol. The van der Waals surface area contributed by atoms with E-state index < -0.39 is 0 Å². The molecule has 3 rings (SSSR count). The molecule has 9 heteroatoms. The Labute approximate surface area is 124 Å². The summed E-state index contributed by atoms with van der Waals surface area (Å²) in [5.74, 6) is -0.687. The number of aromatic nitrogens is 4. The second kappa shape index (κ2) is 5.72. The Kier molecular flexibility index (Phi) is 3.60. The third-order valence-electron chi connectivity index (χ3n) is 3.27. The summed E-state index contributed by atoms with van der Waals surface area (Å²) >= 11 is 0. The molecule has 2 aromatic rings. The predicted molar refractivity (Wildman–Crippen MR) is 72.5 cm³/mol. The van der Waals surface area contributed by atoms with Crippen molar-refractivity contribution >= 4 is 17.7 Å². The van der Waals surface area contributed by atoms with Crippen LogP contribution >= 0.6 is 0 Å². The maximum Gasteiger partial charge on any atom is 0.261 e. The van der Waals surface area contributed by atoms with Crippen molar-refractivity contribution < 1.29 is 14.4 Å². The lowest BCUT2D eigenvalue weighted by Crippen LogP contribution is -2.34. The second-order valence-electron chi connectivity index (χ2n) is 4.66. The molecule has 0 radical (unpaired) electrons. The molecule has 22 heavy (non-hydrogen) atoms. The molecule has 0 saturated heterocycles. The summed E-state index contributed by atoms with van der Waals surface area (Å²) in [5.41, 5.74) is 0.749. The van der Waals surface area contributed by atoms with E-state index >= 15 is 0 Å². The first-order valence-corrected chi connectivity index (χ1v) is 6.61. The van der Waals surface area contributed by atoms with Crippen molar-refractivity contribution in [1.82, 2.24) is 30.8 Å². The largest absolute Gasteiger partial charge is 0.349 e. The third-order valence-corrected chi connectivity index (χ3v) is 3.27. The van der Waals surface area contributed by atoms with Crippen LogP contribution in [-0.4, -0.2) is 49.8 Å². The molecule has 0 aliphatic carbocycles. The topological polar surface area (TPSA) is 121 Å². The summed E-state index contributed by atoms with van der Waals surface area (Å²) in [6, 6.07) is 6.61. The summed E-state index contributed by atoms with van der Waals surface area (Å²) in [5, 5.41) is 15.6. The Balaban J connectivity index is 1.55. The molecular weight excluding hydrogens is 288 g/mol. The first-order chi connectivity index (χ1) is 10.7. The van der Waals surface area contributed by atoms with E-state index in [4.69, 9.17) is 0 Å². The van der Waals surface area contributed by atoms with Crippen LogP contribution in [0.15, 0.2) is 24.3 Å². The van der Waals surface area contributed by atoms with Crippen LogP contribution < -0.4 is 5.32 Å². The number of rotatable bonds is 5. The highest BCUT2D eigenvalue weighted by Gasteiger charge is 2.34. The minimum atomic E-state index is -0.369. The lowest BCUT2D eigenvalue weighted by molar-refractivity contribution is -0.121. The molecule has 112 valence electrons. The smallest absolute Gasteiger partial charge is 0.261 e. The molecule has 0 saturated carbocycles. The zero-order valence-electron chi connectivity index (χ0n) is 11.4. The highest BCUT2D eigenvalue weighted by Crippen LogP contribution is 2.22. The molecule has 9 nitrogen and oxygen atoms in total. The van der Waals surface area contributed by atoms with Crippen molar-refractivity contribution in [3.8, 4) is 0 Å². The number of aromatic amines is 1. The van der Waals surface area contributed by atoms with Gasteiger partial charge in [-0.2, -0.15) is 5.21 Å². The van der Waals surface area contributed by atoms with Gasteiger partial charge in [0.1, 0.15) is 0 Å². The van der Waals surface area contributed by atoms with Gasteiger partial charge in [0.15, 0.2) is 5.82 Å². The van der Waals surface area contributed by atoms with Crippen molar-refractivity contribution in [3.05, 3.63) is 41.2 Å². The van der Waals surface area contributed by atoms with E-state index in [1.165, 1.54) is 0 Å². The minimum absolute atomic E-state index is 0.0172. The van der Waals surface area contributed by atoms with Crippen LogP contribution in [0.1, 0.15) is 33.0 Å². The molecule has 1 aromatic carbocycles. The molecule has 3 amide bonds. The average Bonchev–Trinajstić information content (AvgIpc) is 3.13. The Bertz CT molecular complexity index is 692. The summed E-state index contributed by atoms with van der Waals surface area (Å²) in [4.78, 5) is 37.0. The maximum absolute atomic E-state index is 12.1. The normalized spacial score (nSPS) is 13.4. The Morgan fingerprint density at radius 1 is 1.18 bits per heavy atom. The number of tetrazole rings is 1. The van der Waals surface area contributed by atoms with Crippen LogP contribution in [0.4, 0.5) is 0 Å². The summed E-state index contributed by atoms with van der Waals surface area (Å²) in [7, 11) is 0. The van der Waals surface area contributed by atoms with Gasteiger partial charge in [0, 0.05) is 13.0 Å². The zero-order valence-corrected chi connectivity index (χ0v) is 11.4. The lowest BCUT2D eigenvalue weighted by atomic mass is 10.1. The number of amides is 3. The van der Waals surface area contributed by atoms with Crippen LogP contribution in [-0.2, 0) is 11.3 Å². The van der Waals surface area contributed by atoms with E-state index in [1.54, 1.807) is 24.3 Å². The maximum atomic E-state index is 12.1. The third kappa shape index (κ3) is 2.55. The van der Waals surface area contributed by atoms with E-state index in [0.29, 0.717) is 17.0 Å². The van der Waals surface area contributed by atoms with Crippen molar-refractivity contribution in [1.29, 1.82) is 0 Å². The summed E-state index contributed by atoms with van der Waals surface area (Å²) in [6.07, 6.45) is 0.0172. The minimum Gasteiger partial charge on any atom is -0.349 e. The molecule has 0 spiro atoms. The fraction of sp³-hybridized carbons (Fsp3) is 0.231. The SMILES string of the molecule is O=C(CCN1C(=O)c2ccccc2C1=O)NCc1nn[nH]n1. The van der Waals surface area contributed by atoms with Gasteiger partial charge in [0.05, 0.1) is 17.7 Å². The van der Waals surface area contributed by atoms with Crippen molar-refractivity contribution in [2.24, 2.45) is 0 Å². The number of nitrogens with zero attached hydrogens (tertiary/aromatic N) is 4. The fourth-order valence-corrected chi connectivity index (χ4v) is 2.18. The van der Waals surface area contributed by atoms with Crippen molar-refractivity contribution in [2.75, 3.05) is 6.54 Å². The molecular formula is C13H12N6O3. The average molecular weight is 300 g/mol. The first-order valence-electron chi connectivity index (χ1n) is 6.61. The number of benzene rings is 1. The quantitative estimate of drug-likeness (QED) is 0.718. The van der Waals surface area contributed by atoms with Gasteiger partial charge in [-0.05, 0) is 12.1 Å². The number of carbonyl (C=O) groups excluding carboxylic acids is 3. The van der Waals surface area contributed by atoms with E-state index in [1.807, 2.05) is 0 Å². The van der Waals surface area contributed by atoms with Crippen molar-refractivity contribution in [2.45, 2.75) is 13.0 Å².